The van der Waals surface area contributed by atoms with Crippen molar-refractivity contribution >= 4 is 13.8 Å². The van der Waals surface area contributed by atoms with Crippen molar-refractivity contribution in [3.8, 4) is 5.75 Å². The fourth-order valence-electron chi connectivity index (χ4n) is 2.88. The fourth-order valence-corrected chi connectivity index (χ4v) is 2.88. The summed E-state index contributed by atoms with van der Waals surface area (Å²) in [6.07, 6.45) is -1.25. The number of alkyl halides is 1. The molecule has 1 amide bonds. The molecular formula is C17H24BFNO5. The molecule has 25 heavy (non-hydrogen) atoms. The Morgan fingerprint density at radius 2 is 1.96 bits per heavy atom. The van der Waals surface area contributed by atoms with E-state index in [9.17, 15) is 9.18 Å². The Labute approximate surface area is 148 Å². The lowest BCUT2D eigenvalue weighted by molar-refractivity contribution is -0.0797. The molecule has 0 aromatic heterocycles. The van der Waals surface area contributed by atoms with Gasteiger partial charge in [0.25, 0.3) is 0 Å². The van der Waals surface area contributed by atoms with E-state index >= 15 is 0 Å². The van der Waals surface area contributed by atoms with Crippen molar-refractivity contribution < 1.29 is 28.3 Å². The predicted molar refractivity (Wildman–Crippen MR) is 90.8 cm³/mol. The molecule has 1 heterocycles. The van der Waals surface area contributed by atoms with Crippen LogP contribution in [0.15, 0.2) is 24.3 Å². The summed E-state index contributed by atoms with van der Waals surface area (Å²) in [5.41, 5.74) is -1.00. The van der Waals surface area contributed by atoms with Crippen molar-refractivity contribution in [2.75, 3.05) is 6.67 Å². The summed E-state index contributed by atoms with van der Waals surface area (Å²) < 4.78 is 30.1. The molecule has 137 valence electrons. The number of halogens is 1. The molecule has 2 unspecified atom stereocenters. The molecule has 1 saturated heterocycles. The Balaban J connectivity index is 2.27. The molecule has 6 nitrogen and oxygen atoms in total. The van der Waals surface area contributed by atoms with Crippen molar-refractivity contribution in [2.24, 2.45) is 0 Å². The Bertz CT molecular complexity index is 602. The molecule has 2 atom stereocenters. The first-order valence-electron chi connectivity index (χ1n) is 8.07. The quantitative estimate of drug-likeness (QED) is 0.844. The average molecular weight is 352 g/mol. The molecule has 1 aromatic rings. The van der Waals surface area contributed by atoms with Crippen molar-refractivity contribution in [2.45, 2.75) is 58.1 Å². The maximum absolute atomic E-state index is 13.8. The second-order valence-electron chi connectivity index (χ2n) is 7.35. The van der Waals surface area contributed by atoms with Crippen LogP contribution in [0.25, 0.3) is 0 Å². The lowest BCUT2D eigenvalue weighted by Crippen LogP contribution is -2.50. The number of amides is 1. The number of ether oxygens (including phenoxy) is 2. The van der Waals surface area contributed by atoms with E-state index in [1.54, 1.807) is 58.9 Å². The van der Waals surface area contributed by atoms with E-state index < -0.39 is 36.2 Å². The Morgan fingerprint density at radius 1 is 1.36 bits per heavy atom. The van der Waals surface area contributed by atoms with E-state index in [-0.39, 0.29) is 0 Å². The molecule has 1 N–H and O–H groups in total. The van der Waals surface area contributed by atoms with E-state index in [4.69, 9.17) is 19.2 Å². The zero-order valence-electron chi connectivity index (χ0n) is 15.2. The van der Waals surface area contributed by atoms with Crippen LogP contribution < -0.4 is 4.65 Å². The minimum absolute atomic E-state index is 0.435. The number of benzene rings is 1. The van der Waals surface area contributed by atoms with Crippen LogP contribution in [0.1, 0.15) is 46.3 Å². The Hall–Kier alpha value is -1.80. The summed E-state index contributed by atoms with van der Waals surface area (Å²) in [4.78, 5) is 13.9. The van der Waals surface area contributed by atoms with Crippen LogP contribution in [0.5, 0.6) is 5.75 Å². The van der Waals surface area contributed by atoms with Gasteiger partial charge < -0.3 is 19.2 Å². The van der Waals surface area contributed by atoms with E-state index in [1.165, 1.54) is 4.90 Å². The van der Waals surface area contributed by atoms with Crippen LogP contribution in [0.2, 0.25) is 0 Å². The van der Waals surface area contributed by atoms with E-state index in [0.29, 0.717) is 19.0 Å². The molecule has 0 bridgehead atoms. The summed E-state index contributed by atoms with van der Waals surface area (Å²) >= 11 is 0. The Morgan fingerprint density at radius 3 is 2.44 bits per heavy atom. The Kier molecular flexibility index (Phi) is 5.63. The SMILES string of the molecule is CC(C)(C)OC(=O)N1C(CF)C(c2ccc(O[B]O)cc2)OC1(C)C. The summed E-state index contributed by atoms with van der Waals surface area (Å²) in [7, 11) is 0.582. The van der Waals surface area contributed by atoms with Gasteiger partial charge in [0.2, 0.25) is 0 Å². The largest absolute Gasteiger partial charge is 0.569 e. The second kappa shape index (κ2) is 7.21. The van der Waals surface area contributed by atoms with Gasteiger partial charge in [-0.1, -0.05) is 12.1 Å². The smallest absolute Gasteiger partial charge is 0.537 e. The monoisotopic (exact) mass is 352 g/mol. The van der Waals surface area contributed by atoms with Gasteiger partial charge in [-0.25, -0.2) is 9.18 Å². The summed E-state index contributed by atoms with van der Waals surface area (Å²) in [5.74, 6) is 0.435. The van der Waals surface area contributed by atoms with E-state index in [0.717, 1.165) is 0 Å². The molecule has 1 aromatic carbocycles. The molecule has 2 rings (SSSR count). The topological polar surface area (TPSA) is 68.2 Å². The van der Waals surface area contributed by atoms with Gasteiger partial charge in [0, 0.05) is 0 Å². The maximum atomic E-state index is 13.8. The van der Waals surface area contributed by atoms with Gasteiger partial charge in [0.15, 0.2) is 0 Å². The third-order valence-corrected chi connectivity index (χ3v) is 3.82. The number of carbonyl (C=O) groups excluding carboxylic acids is 1. The van der Waals surface area contributed by atoms with Gasteiger partial charge in [-0.05, 0) is 52.3 Å². The summed E-state index contributed by atoms with van der Waals surface area (Å²) in [6, 6.07) is 5.87. The highest BCUT2D eigenvalue weighted by atomic mass is 19.1. The van der Waals surface area contributed by atoms with E-state index in [2.05, 4.69) is 0 Å². The van der Waals surface area contributed by atoms with Crippen LogP contribution in [0.3, 0.4) is 0 Å². The number of nitrogens with zero attached hydrogens (tertiary/aromatic N) is 1. The first kappa shape index (κ1) is 19.5. The van der Waals surface area contributed by atoms with Gasteiger partial charge in [-0.2, -0.15) is 0 Å². The molecule has 1 radical (unpaired) electrons. The summed E-state index contributed by atoms with van der Waals surface area (Å²) in [6.45, 7) is 7.92. The zero-order chi connectivity index (χ0) is 18.8. The van der Waals surface area contributed by atoms with Crippen molar-refractivity contribution in [1.82, 2.24) is 4.90 Å². The highest BCUT2D eigenvalue weighted by Gasteiger charge is 2.51. The van der Waals surface area contributed by atoms with Crippen molar-refractivity contribution in [3.63, 3.8) is 0 Å². The highest BCUT2D eigenvalue weighted by molar-refractivity contribution is 6.17. The minimum atomic E-state index is -1.02. The van der Waals surface area contributed by atoms with Gasteiger partial charge in [-0.3, -0.25) is 4.90 Å². The molecule has 1 aliphatic heterocycles. The van der Waals surface area contributed by atoms with Crippen LogP contribution in [-0.2, 0) is 9.47 Å². The summed E-state index contributed by atoms with van der Waals surface area (Å²) in [5, 5.41) is 8.66. The third kappa shape index (κ3) is 4.44. The lowest BCUT2D eigenvalue weighted by Gasteiger charge is -2.34. The van der Waals surface area contributed by atoms with Crippen LogP contribution >= 0.6 is 0 Å². The van der Waals surface area contributed by atoms with Crippen molar-refractivity contribution in [1.29, 1.82) is 0 Å². The molecule has 0 saturated carbocycles. The fraction of sp³-hybridized carbons (Fsp3) is 0.588. The number of carbonyl (C=O) groups is 1. The number of hydrogen-bond donors (Lipinski definition) is 1. The second-order valence-corrected chi connectivity index (χ2v) is 7.35. The molecule has 0 aliphatic carbocycles. The molecule has 8 heteroatoms. The van der Waals surface area contributed by atoms with Crippen LogP contribution in [-0.4, -0.2) is 47.7 Å². The average Bonchev–Trinajstić information content (AvgIpc) is 2.77. The minimum Gasteiger partial charge on any atom is -0.537 e. The van der Waals surface area contributed by atoms with E-state index in [1.807, 2.05) is 0 Å². The number of hydrogen-bond acceptors (Lipinski definition) is 5. The molecule has 0 spiro atoms. The molecule has 1 fully saturated rings. The lowest BCUT2D eigenvalue weighted by atomic mass is 10.0. The molecular weight excluding hydrogens is 328 g/mol. The van der Waals surface area contributed by atoms with Gasteiger partial charge >= 0.3 is 13.8 Å². The van der Waals surface area contributed by atoms with Crippen LogP contribution in [0.4, 0.5) is 9.18 Å². The highest BCUT2D eigenvalue weighted by Crippen LogP contribution is 2.42. The first-order chi connectivity index (χ1) is 11.6. The van der Waals surface area contributed by atoms with Crippen molar-refractivity contribution in [3.05, 3.63) is 29.8 Å². The zero-order valence-corrected chi connectivity index (χ0v) is 15.2. The van der Waals surface area contributed by atoms with Crippen LogP contribution in [0, 0.1) is 0 Å². The predicted octanol–water partition coefficient (Wildman–Crippen LogP) is 2.97. The standard InChI is InChI=1S/C17H24BFNO5/c1-16(2,3)24-15(21)20-13(10-19)14(23-17(20,4)5)11-6-8-12(9-7-11)25-18-22/h6-9,13-14,22H,10H2,1-5H3. The number of rotatable bonds is 4. The van der Waals surface area contributed by atoms with Gasteiger partial charge in [0.05, 0.1) is 11.8 Å². The van der Waals surface area contributed by atoms with Gasteiger partial charge in [0.1, 0.15) is 24.1 Å². The third-order valence-electron chi connectivity index (χ3n) is 3.82. The molecule has 1 aliphatic rings. The maximum Gasteiger partial charge on any atom is 0.569 e. The van der Waals surface area contributed by atoms with Gasteiger partial charge in [-0.15, -0.1) is 0 Å². The first-order valence-corrected chi connectivity index (χ1v) is 8.07. The normalized spacial score (nSPS) is 22.6.